The van der Waals surface area contributed by atoms with Crippen LogP contribution in [0.2, 0.25) is 5.02 Å². The smallest absolute Gasteiger partial charge is 0.312 e. The molecule has 1 heterocycles. The van der Waals surface area contributed by atoms with Gasteiger partial charge in [0.1, 0.15) is 4.33 Å². The minimum atomic E-state index is -1.01. The number of aromatic nitrogens is 2. The molecule has 21 heavy (non-hydrogen) atoms. The maximum atomic E-state index is 11.6. The average molecular weight is 348 g/mol. The van der Waals surface area contributed by atoms with Crippen molar-refractivity contribution >= 4 is 40.8 Å². The molecule has 1 aromatic heterocycles. The van der Waals surface area contributed by atoms with Gasteiger partial charge < -0.3 is 9.15 Å². The summed E-state index contributed by atoms with van der Waals surface area (Å²) in [5.41, 5.74) is 0.618. The zero-order chi connectivity index (χ0) is 15.0. The van der Waals surface area contributed by atoms with Crippen molar-refractivity contribution in [2.24, 2.45) is 5.92 Å². The van der Waals surface area contributed by atoms with Gasteiger partial charge in [0.15, 0.2) is 6.61 Å². The number of nitrogens with zero attached hydrogens (tertiary/aromatic N) is 2. The largest absolute Gasteiger partial charge is 0.455 e. The van der Waals surface area contributed by atoms with E-state index in [-0.39, 0.29) is 18.4 Å². The summed E-state index contributed by atoms with van der Waals surface area (Å²) < 4.78 is 9.43. The lowest BCUT2D eigenvalue weighted by Gasteiger charge is -2.01. The van der Waals surface area contributed by atoms with Crippen molar-refractivity contribution in [1.82, 2.24) is 10.2 Å². The SMILES string of the molecule is O=C(OCc1nnc(-c2ccccc2Cl)o1)C1CC1(Cl)Cl. The van der Waals surface area contributed by atoms with Gasteiger partial charge in [0, 0.05) is 0 Å². The molecule has 1 aliphatic rings. The van der Waals surface area contributed by atoms with Crippen LogP contribution in [-0.2, 0) is 16.1 Å². The third kappa shape index (κ3) is 3.15. The molecule has 3 rings (SSSR count). The highest BCUT2D eigenvalue weighted by Gasteiger charge is 2.57. The Morgan fingerprint density at radius 2 is 2.10 bits per heavy atom. The Bertz CT molecular complexity index is 687. The molecule has 0 radical (unpaired) electrons. The van der Waals surface area contributed by atoms with Crippen molar-refractivity contribution in [3.8, 4) is 11.5 Å². The fourth-order valence-corrected chi connectivity index (χ4v) is 2.46. The Morgan fingerprint density at radius 1 is 1.38 bits per heavy atom. The summed E-state index contributed by atoms with van der Waals surface area (Å²) >= 11 is 17.6. The molecular formula is C13H9Cl3N2O3. The van der Waals surface area contributed by atoms with Crippen LogP contribution in [0.1, 0.15) is 12.3 Å². The predicted octanol–water partition coefficient (Wildman–Crippen LogP) is 3.63. The van der Waals surface area contributed by atoms with Crippen LogP contribution in [0.5, 0.6) is 0 Å². The van der Waals surface area contributed by atoms with E-state index in [9.17, 15) is 4.79 Å². The van der Waals surface area contributed by atoms with E-state index in [4.69, 9.17) is 44.0 Å². The van der Waals surface area contributed by atoms with Crippen LogP contribution < -0.4 is 0 Å². The van der Waals surface area contributed by atoms with Gasteiger partial charge in [-0.2, -0.15) is 0 Å². The molecule has 1 fully saturated rings. The van der Waals surface area contributed by atoms with Gasteiger partial charge in [-0.25, -0.2) is 0 Å². The monoisotopic (exact) mass is 346 g/mol. The first kappa shape index (κ1) is 14.6. The molecule has 1 atom stereocenters. The molecule has 5 nitrogen and oxygen atoms in total. The molecule has 1 unspecified atom stereocenters. The predicted molar refractivity (Wildman–Crippen MR) is 77.1 cm³/mol. The summed E-state index contributed by atoms with van der Waals surface area (Å²) in [6.07, 6.45) is 0.393. The zero-order valence-corrected chi connectivity index (χ0v) is 12.8. The van der Waals surface area contributed by atoms with E-state index in [0.717, 1.165) is 0 Å². The number of benzene rings is 1. The summed E-state index contributed by atoms with van der Waals surface area (Å²) in [6, 6.07) is 7.07. The van der Waals surface area contributed by atoms with Crippen LogP contribution in [0.25, 0.3) is 11.5 Å². The molecule has 0 spiro atoms. The highest BCUT2D eigenvalue weighted by atomic mass is 35.5. The molecule has 1 aliphatic carbocycles. The van der Waals surface area contributed by atoms with Crippen LogP contribution in [0.4, 0.5) is 0 Å². The minimum Gasteiger partial charge on any atom is -0.455 e. The number of carbonyl (C=O) groups is 1. The minimum absolute atomic E-state index is 0.128. The lowest BCUT2D eigenvalue weighted by Crippen LogP contribution is -2.10. The quantitative estimate of drug-likeness (QED) is 0.624. The summed E-state index contributed by atoms with van der Waals surface area (Å²) in [7, 11) is 0. The number of esters is 1. The van der Waals surface area contributed by atoms with Gasteiger partial charge in [0.25, 0.3) is 5.89 Å². The second-order valence-corrected chi connectivity index (χ2v) is 6.56. The fourth-order valence-electron chi connectivity index (χ4n) is 1.76. The molecule has 0 saturated heterocycles. The first-order chi connectivity index (χ1) is 9.97. The van der Waals surface area contributed by atoms with Crippen LogP contribution in [0.15, 0.2) is 28.7 Å². The second-order valence-electron chi connectivity index (χ2n) is 4.61. The molecule has 0 aliphatic heterocycles. The Kier molecular flexibility index (Phi) is 3.82. The molecule has 0 bridgehead atoms. The van der Waals surface area contributed by atoms with Crippen molar-refractivity contribution < 1.29 is 13.9 Å². The Balaban J connectivity index is 1.64. The molecule has 1 aromatic carbocycles. The average Bonchev–Trinajstić information content (AvgIpc) is 2.87. The van der Waals surface area contributed by atoms with E-state index in [1.807, 2.05) is 0 Å². The van der Waals surface area contributed by atoms with Gasteiger partial charge in [-0.15, -0.1) is 33.4 Å². The van der Waals surface area contributed by atoms with Gasteiger partial charge in [0.05, 0.1) is 16.5 Å². The lowest BCUT2D eigenvalue weighted by atomic mass is 10.2. The highest BCUT2D eigenvalue weighted by Crippen LogP contribution is 2.53. The number of hydrogen-bond donors (Lipinski definition) is 0. The normalized spacial score (nSPS) is 19.3. The van der Waals surface area contributed by atoms with Crippen molar-refractivity contribution in [3.63, 3.8) is 0 Å². The summed E-state index contributed by atoms with van der Waals surface area (Å²) in [6.45, 7) is -0.128. The van der Waals surface area contributed by atoms with Crippen molar-refractivity contribution in [1.29, 1.82) is 0 Å². The third-order valence-electron chi connectivity index (χ3n) is 3.02. The second kappa shape index (κ2) is 5.48. The lowest BCUT2D eigenvalue weighted by molar-refractivity contribution is -0.147. The number of ether oxygens (including phenoxy) is 1. The zero-order valence-electron chi connectivity index (χ0n) is 10.6. The number of halogens is 3. The van der Waals surface area contributed by atoms with Crippen molar-refractivity contribution in [2.45, 2.75) is 17.4 Å². The first-order valence-electron chi connectivity index (χ1n) is 6.09. The number of hydrogen-bond acceptors (Lipinski definition) is 5. The maximum absolute atomic E-state index is 11.6. The molecule has 2 aromatic rings. The van der Waals surface area contributed by atoms with E-state index in [2.05, 4.69) is 10.2 Å². The molecule has 1 saturated carbocycles. The van der Waals surface area contributed by atoms with Gasteiger partial charge in [-0.05, 0) is 18.6 Å². The van der Waals surface area contributed by atoms with Crippen LogP contribution >= 0.6 is 34.8 Å². The third-order valence-corrected chi connectivity index (χ3v) is 4.18. The molecule has 0 amide bonds. The molecule has 110 valence electrons. The number of rotatable bonds is 4. The van der Waals surface area contributed by atoms with Gasteiger partial charge >= 0.3 is 5.97 Å². The van der Waals surface area contributed by atoms with E-state index in [1.54, 1.807) is 24.3 Å². The fraction of sp³-hybridized carbons (Fsp3) is 0.308. The molecule has 0 N–H and O–H groups in total. The summed E-state index contributed by atoms with van der Waals surface area (Å²) in [5.74, 6) is -0.528. The Hall–Kier alpha value is -1.30. The van der Waals surface area contributed by atoms with E-state index in [0.29, 0.717) is 17.0 Å². The molecule has 8 heteroatoms. The van der Waals surface area contributed by atoms with E-state index >= 15 is 0 Å². The van der Waals surface area contributed by atoms with Gasteiger partial charge in [-0.1, -0.05) is 23.7 Å². The van der Waals surface area contributed by atoms with E-state index < -0.39 is 16.2 Å². The van der Waals surface area contributed by atoms with Crippen molar-refractivity contribution in [2.75, 3.05) is 0 Å². The highest BCUT2D eigenvalue weighted by molar-refractivity contribution is 6.52. The summed E-state index contributed by atoms with van der Waals surface area (Å²) in [5, 5.41) is 8.17. The number of carbonyl (C=O) groups excluding carboxylic acids is 1. The topological polar surface area (TPSA) is 65.2 Å². The number of alkyl halides is 2. The van der Waals surface area contributed by atoms with Crippen molar-refractivity contribution in [3.05, 3.63) is 35.2 Å². The maximum Gasteiger partial charge on any atom is 0.312 e. The van der Waals surface area contributed by atoms with Crippen LogP contribution in [-0.4, -0.2) is 20.5 Å². The van der Waals surface area contributed by atoms with Gasteiger partial charge in [0.2, 0.25) is 5.89 Å². The Morgan fingerprint density at radius 3 is 2.76 bits per heavy atom. The van der Waals surface area contributed by atoms with Crippen LogP contribution in [0, 0.1) is 5.92 Å². The standard InChI is InChI=1S/C13H9Cl3N2O3/c14-9-4-2-1-3-7(9)11-18-17-10(21-11)6-20-12(19)8-5-13(8,15)16/h1-4,8H,5-6H2. The van der Waals surface area contributed by atoms with Crippen LogP contribution in [0.3, 0.4) is 0 Å². The first-order valence-corrected chi connectivity index (χ1v) is 7.22. The van der Waals surface area contributed by atoms with Gasteiger partial charge in [-0.3, -0.25) is 4.79 Å². The Labute approximate surface area is 135 Å². The summed E-state index contributed by atoms with van der Waals surface area (Å²) in [4.78, 5) is 11.6. The molecular weight excluding hydrogens is 339 g/mol. The van der Waals surface area contributed by atoms with E-state index in [1.165, 1.54) is 0 Å².